The summed E-state index contributed by atoms with van der Waals surface area (Å²) in [6, 6.07) is 6.08. The molecule has 0 fully saturated rings. The molecule has 2 nitrogen and oxygen atoms in total. The summed E-state index contributed by atoms with van der Waals surface area (Å²) in [6.07, 6.45) is 2.12. The second-order valence-electron chi connectivity index (χ2n) is 4.05. The molecule has 1 rings (SSSR count). The Morgan fingerprint density at radius 3 is 2.67 bits per heavy atom. The zero-order chi connectivity index (χ0) is 11.5. The monoisotopic (exact) mass is 336 g/mol. The summed E-state index contributed by atoms with van der Waals surface area (Å²) in [5.74, 6) is 0. The van der Waals surface area contributed by atoms with Crippen LogP contribution >= 0.6 is 34.4 Å². The van der Waals surface area contributed by atoms with Gasteiger partial charge in [0.15, 0.2) is 0 Å². The highest BCUT2D eigenvalue weighted by Crippen LogP contribution is 2.25. The van der Waals surface area contributed by atoms with E-state index in [2.05, 4.69) is 54.1 Å². The molecule has 0 atom stereocenters. The highest BCUT2D eigenvalue weighted by molar-refractivity contribution is 14.1. The quantitative estimate of drug-likeness (QED) is 0.654. The van der Waals surface area contributed by atoms with Crippen LogP contribution in [-0.4, -0.2) is 17.5 Å². The SMILES string of the molecule is CSC(C)(C)CNc1ccc(I)cc1N. The van der Waals surface area contributed by atoms with Crippen LogP contribution in [0.15, 0.2) is 18.2 Å². The van der Waals surface area contributed by atoms with Gasteiger partial charge in [-0.1, -0.05) is 0 Å². The minimum absolute atomic E-state index is 0.232. The molecule has 1 aromatic carbocycles. The summed E-state index contributed by atoms with van der Waals surface area (Å²) in [7, 11) is 0. The van der Waals surface area contributed by atoms with Crippen molar-refractivity contribution in [3.8, 4) is 0 Å². The van der Waals surface area contributed by atoms with E-state index in [9.17, 15) is 0 Å². The van der Waals surface area contributed by atoms with Crippen molar-refractivity contribution in [1.82, 2.24) is 0 Å². The highest BCUT2D eigenvalue weighted by Gasteiger charge is 2.15. The number of hydrogen-bond acceptors (Lipinski definition) is 3. The lowest BCUT2D eigenvalue weighted by molar-refractivity contribution is 0.753. The Bertz CT molecular complexity index is 339. The molecule has 15 heavy (non-hydrogen) atoms. The van der Waals surface area contributed by atoms with Crippen molar-refractivity contribution in [2.45, 2.75) is 18.6 Å². The zero-order valence-corrected chi connectivity index (χ0v) is 12.3. The molecule has 0 aromatic heterocycles. The van der Waals surface area contributed by atoms with Crippen LogP contribution in [0.4, 0.5) is 11.4 Å². The number of anilines is 2. The van der Waals surface area contributed by atoms with Gasteiger partial charge in [0.2, 0.25) is 0 Å². The predicted molar refractivity (Wildman–Crippen MR) is 79.7 cm³/mol. The van der Waals surface area contributed by atoms with Gasteiger partial charge in [-0.2, -0.15) is 11.8 Å². The van der Waals surface area contributed by atoms with Gasteiger partial charge in [-0.25, -0.2) is 0 Å². The first-order valence-electron chi connectivity index (χ1n) is 4.79. The zero-order valence-electron chi connectivity index (χ0n) is 9.30. The van der Waals surface area contributed by atoms with E-state index in [0.717, 1.165) is 17.9 Å². The van der Waals surface area contributed by atoms with Crippen LogP contribution < -0.4 is 11.1 Å². The van der Waals surface area contributed by atoms with Crippen molar-refractivity contribution in [2.24, 2.45) is 0 Å². The van der Waals surface area contributed by atoms with Gasteiger partial charge in [-0.15, -0.1) is 0 Å². The van der Waals surface area contributed by atoms with Gasteiger partial charge in [0, 0.05) is 14.9 Å². The Balaban J connectivity index is 2.66. The third kappa shape index (κ3) is 4.10. The topological polar surface area (TPSA) is 38.0 Å². The van der Waals surface area contributed by atoms with Gasteiger partial charge in [-0.3, -0.25) is 0 Å². The number of halogens is 1. The van der Waals surface area contributed by atoms with Crippen LogP contribution in [0.5, 0.6) is 0 Å². The lowest BCUT2D eigenvalue weighted by Crippen LogP contribution is -2.26. The van der Waals surface area contributed by atoms with Crippen molar-refractivity contribution in [2.75, 3.05) is 23.9 Å². The molecule has 0 saturated carbocycles. The highest BCUT2D eigenvalue weighted by atomic mass is 127. The first-order chi connectivity index (χ1) is 6.94. The summed E-state index contributed by atoms with van der Waals surface area (Å²) >= 11 is 4.11. The maximum Gasteiger partial charge on any atom is 0.0575 e. The summed E-state index contributed by atoms with van der Waals surface area (Å²) in [5, 5.41) is 3.38. The third-order valence-corrected chi connectivity index (χ3v) is 4.19. The normalized spacial score (nSPS) is 11.5. The molecule has 0 aliphatic rings. The molecule has 0 unspecified atom stereocenters. The van der Waals surface area contributed by atoms with Crippen LogP contribution in [0.2, 0.25) is 0 Å². The van der Waals surface area contributed by atoms with Gasteiger partial charge in [0.1, 0.15) is 0 Å². The van der Waals surface area contributed by atoms with Crippen LogP contribution in [0.25, 0.3) is 0 Å². The molecule has 0 amide bonds. The van der Waals surface area contributed by atoms with E-state index in [1.807, 2.05) is 23.9 Å². The maximum absolute atomic E-state index is 5.92. The Morgan fingerprint density at radius 1 is 1.47 bits per heavy atom. The second-order valence-corrected chi connectivity index (χ2v) is 6.81. The maximum atomic E-state index is 5.92. The van der Waals surface area contributed by atoms with Gasteiger partial charge >= 0.3 is 0 Å². The van der Waals surface area contributed by atoms with Gasteiger partial charge in [0.25, 0.3) is 0 Å². The Labute approximate surface area is 110 Å². The number of benzene rings is 1. The van der Waals surface area contributed by atoms with Crippen molar-refractivity contribution in [3.05, 3.63) is 21.8 Å². The predicted octanol–water partition coefficient (Wildman–Crippen LogP) is 3.43. The molecule has 84 valence electrons. The molecule has 0 heterocycles. The van der Waals surface area contributed by atoms with E-state index in [-0.39, 0.29) is 4.75 Å². The standard InChI is InChI=1S/C11H17IN2S/c1-11(2,15-3)7-14-10-5-4-8(12)6-9(10)13/h4-6,14H,7,13H2,1-3H3. The fraction of sp³-hybridized carbons (Fsp3) is 0.455. The molecule has 1 aromatic rings. The summed E-state index contributed by atoms with van der Waals surface area (Å²) in [5.41, 5.74) is 7.76. The first-order valence-corrected chi connectivity index (χ1v) is 7.09. The average Bonchev–Trinajstić information content (AvgIpc) is 2.16. The number of nitrogens with two attached hydrogens (primary N) is 1. The summed E-state index contributed by atoms with van der Waals surface area (Å²) in [6.45, 7) is 5.35. The van der Waals surface area contributed by atoms with Gasteiger partial charge < -0.3 is 11.1 Å². The van der Waals surface area contributed by atoms with Gasteiger partial charge in [0.05, 0.1) is 11.4 Å². The van der Waals surface area contributed by atoms with Crippen molar-refractivity contribution >= 4 is 45.7 Å². The Hall–Kier alpha value is -0.100. The summed E-state index contributed by atoms with van der Waals surface area (Å²) in [4.78, 5) is 0. The van der Waals surface area contributed by atoms with Crippen LogP contribution in [0.1, 0.15) is 13.8 Å². The molecule has 0 aliphatic heterocycles. The molecular formula is C11H17IN2S. The second kappa shape index (κ2) is 5.30. The minimum Gasteiger partial charge on any atom is -0.397 e. The summed E-state index contributed by atoms with van der Waals surface area (Å²) < 4.78 is 1.40. The van der Waals surface area contributed by atoms with Crippen LogP contribution in [0, 0.1) is 3.57 Å². The third-order valence-electron chi connectivity index (χ3n) is 2.27. The number of nitrogens with one attached hydrogen (secondary N) is 1. The fourth-order valence-electron chi connectivity index (χ4n) is 1.07. The largest absolute Gasteiger partial charge is 0.397 e. The lowest BCUT2D eigenvalue weighted by atomic mass is 10.2. The molecular weight excluding hydrogens is 319 g/mol. The number of thioether (sulfide) groups is 1. The van der Waals surface area contributed by atoms with E-state index < -0.39 is 0 Å². The smallest absolute Gasteiger partial charge is 0.0575 e. The van der Waals surface area contributed by atoms with Gasteiger partial charge in [-0.05, 0) is 60.9 Å². The van der Waals surface area contributed by atoms with E-state index in [4.69, 9.17) is 5.73 Å². The molecule has 4 heteroatoms. The average molecular weight is 336 g/mol. The molecule has 3 N–H and O–H groups in total. The lowest BCUT2D eigenvalue weighted by Gasteiger charge is -2.23. The molecule has 0 radical (unpaired) electrons. The molecule has 0 aliphatic carbocycles. The van der Waals surface area contributed by atoms with Crippen molar-refractivity contribution in [1.29, 1.82) is 0 Å². The molecule has 0 spiro atoms. The van der Waals surface area contributed by atoms with Crippen molar-refractivity contribution < 1.29 is 0 Å². The van der Waals surface area contributed by atoms with E-state index in [0.29, 0.717) is 0 Å². The molecule has 0 bridgehead atoms. The van der Waals surface area contributed by atoms with Crippen LogP contribution in [-0.2, 0) is 0 Å². The number of hydrogen-bond donors (Lipinski definition) is 2. The Kier molecular flexibility index (Phi) is 4.58. The Morgan fingerprint density at radius 2 is 2.13 bits per heavy atom. The fourth-order valence-corrected chi connectivity index (χ4v) is 1.81. The first kappa shape index (κ1) is 13.0. The van der Waals surface area contributed by atoms with Crippen LogP contribution in [0.3, 0.4) is 0 Å². The van der Waals surface area contributed by atoms with E-state index >= 15 is 0 Å². The van der Waals surface area contributed by atoms with E-state index in [1.165, 1.54) is 3.57 Å². The minimum atomic E-state index is 0.232. The number of nitrogen functional groups attached to an aromatic ring is 1. The van der Waals surface area contributed by atoms with Crippen molar-refractivity contribution in [3.63, 3.8) is 0 Å². The molecule has 0 saturated heterocycles. The number of rotatable bonds is 4. The van der Waals surface area contributed by atoms with E-state index in [1.54, 1.807) is 0 Å².